The van der Waals surface area contributed by atoms with Gasteiger partial charge in [-0.25, -0.2) is 9.78 Å². The Bertz CT molecular complexity index is 626. The molecule has 0 atom stereocenters. The highest BCUT2D eigenvalue weighted by atomic mass is 35.5. The van der Waals surface area contributed by atoms with Gasteiger partial charge in [0.2, 0.25) is 0 Å². The van der Waals surface area contributed by atoms with Crippen LogP contribution in [0.3, 0.4) is 0 Å². The summed E-state index contributed by atoms with van der Waals surface area (Å²) in [6.07, 6.45) is 0. The fourth-order valence-electron chi connectivity index (χ4n) is 1.82. The number of nitrogens with zero attached hydrogens (tertiary/aromatic N) is 1. The Balaban J connectivity index is 2.80. The molecule has 18 heavy (non-hydrogen) atoms. The minimum atomic E-state index is -0.465. The number of carbonyl (C=O) groups is 1. The average molecular weight is 265 g/mol. The van der Waals surface area contributed by atoms with E-state index in [1.54, 1.807) is 13.1 Å². The number of hydrogen-bond donors (Lipinski definition) is 1. The number of halogens is 1. The number of nitrogens with one attached hydrogen (secondary N) is 1. The molecule has 0 amide bonds. The van der Waals surface area contributed by atoms with E-state index in [9.17, 15) is 4.79 Å². The Kier molecular flexibility index (Phi) is 3.39. The van der Waals surface area contributed by atoms with Gasteiger partial charge in [0.05, 0.1) is 12.6 Å². The van der Waals surface area contributed by atoms with Crippen molar-refractivity contribution in [3.05, 3.63) is 34.5 Å². The number of aryl methyl sites for hydroxylation is 1. The molecular weight excluding hydrogens is 252 g/mol. The van der Waals surface area contributed by atoms with E-state index in [1.807, 2.05) is 19.1 Å². The van der Waals surface area contributed by atoms with Crippen LogP contribution in [0.2, 0.25) is 5.02 Å². The van der Waals surface area contributed by atoms with Gasteiger partial charge >= 0.3 is 5.97 Å². The quantitative estimate of drug-likeness (QED) is 0.847. The third kappa shape index (κ3) is 1.99. The van der Waals surface area contributed by atoms with Crippen molar-refractivity contribution in [2.24, 2.45) is 0 Å². The molecule has 4 nitrogen and oxygen atoms in total. The highest BCUT2D eigenvalue weighted by Gasteiger charge is 2.14. The first kappa shape index (κ1) is 12.6. The van der Waals surface area contributed by atoms with Crippen molar-refractivity contribution in [2.45, 2.75) is 6.92 Å². The number of anilines is 1. The SMILES string of the molecule is CNc1cc(C(=O)OC)nc2c(C)c(Cl)ccc12. The highest BCUT2D eigenvalue weighted by molar-refractivity contribution is 6.32. The number of ether oxygens (including phenoxy) is 1. The monoisotopic (exact) mass is 264 g/mol. The predicted molar refractivity (Wildman–Crippen MR) is 72.4 cm³/mol. The molecule has 0 saturated carbocycles. The maximum atomic E-state index is 11.6. The van der Waals surface area contributed by atoms with Gasteiger partial charge in [0.1, 0.15) is 0 Å². The van der Waals surface area contributed by atoms with Crippen LogP contribution in [0.25, 0.3) is 10.9 Å². The molecule has 0 aliphatic heterocycles. The Morgan fingerprint density at radius 3 is 2.78 bits per heavy atom. The van der Waals surface area contributed by atoms with Crippen molar-refractivity contribution in [1.29, 1.82) is 0 Å². The molecule has 1 aromatic heterocycles. The summed E-state index contributed by atoms with van der Waals surface area (Å²) in [6.45, 7) is 1.87. The first-order valence-corrected chi connectivity index (χ1v) is 5.82. The molecule has 0 aliphatic carbocycles. The number of methoxy groups -OCH3 is 1. The Hall–Kier alpha value is -1.81. The summed E-state index contributed by atoms with van der Waals surface area (Å²) in [7, 11) is 3.12. The first-order valence-electron chi connectivity index (χ1n) is 5.44. The largest absolute Gasteiger partial charge is 0.464 e. The smallest absolute Gasteiger partial charge is 0.356 e. The van der Waals surface area contributed by atoms with E-state index in [2.05, 4.69) is 10.3 Å². The summed E-state index contributed by atoms with van der Waals surface area (Å²) >= 11 is 6.07. The molecule has 2 aromatic rings. The summed E-state index contributed by atoms with van der Waals surface area (Å²) < 4.78 is 4.69. The fourth-order valence-corrected chi connectivity index (χ4v) is 1.97. The molecule has 1 N–H and O–H groups in total. The first-order chi connectivity index (χ1) is 8.58. The Labute approximate surface area is 110 Å². The Morgan fingerprint density at radius 1 is 1.44 bits per heavy atom. The number of esters is 1. The number of pyridine rings is 1. The van der Waals surface area contributed by atoms with E-state index in [0.717, 1.165) is 16.6 Å². The molecule has 0 unspecified atom stereocenters. The van der Waals surface area contributed by atoms with Crippen molar-refractivity contribution in [1.82, 2.24) is 4.98 Å². The third-order valence-electron chi connectivity index (χ3n) is 2.83. The molecule has 5 heteroatoms. The Morgan fingerprint density at radius 2 is 2.17 bits per heavy atom. The van der Waals surface area contributed by atoms with E-state index in [4.69, 9.17) is 16.3 Å². The number of benzene rings is 1. The predicted octanol–water partition coefficient (Wildman–Crippen LogP) is 3.02. The zero-order valence-corrected chi connectivity index (χ0v) is 11.1. The molecule has 0 aliphatic rings. The zero-order valence-electron chi connectivity index (χ0n) is 10.4. The van der Waals surface area contributed by atoms with Crippen LogP contribution in [-0.4, -0.2) is 25.1 Å². The van der Waals surface area contributed by atoms with Gasteiger partial charge < -0.3 is 10.1 Å². The summed E-state index contributed by atoms with van der Waals surface area (Å²) in [5.41, 5.74) is 2.63. The molecule has 1 heterocycles. The normalized spacial score (nSPS) is 10.4. The topological polar surface area (TPSA) is 51.2 Å². The lowest BCUT2D eigenvalue weighted by Crippen LogP contribution is -2.06. The van der Waals surface area contributed by atoms with E-state index in [1.165, 1.54) is 7.11 Å². The number of hydrogen-bond acceptors (Lipinski definition) is 4. The van der Waals surface area contributed by atoms with Crippen molar-refractivity contribution in [2.75, 3.05) is 19.5 Å². The second-order valence-corrected chi connectivity index (χ2v) is 4.27. The summed E-state index contributed by atoms with van der Waals surface area (Å²) in [5.74, 6) is -0.465. The van der Waals surface area contributed by atoms with Gasteiger partial charge in [-0.1, -0.05) is 11.6 Å². The van der Waals surface area contributed by atoms with Gasteiger partial charge in [-0.05, 0) is 30.7 Å². The number of fused-ring (bicyclic) bond motifs is 1. The molecule has 94 valence electrons. The van der Waals surface area contributed by atoms with Crippen LogP contribution in [0.4, 0.5) is 5.69 Å². The van der Waals surface area contributed by atoms with E-state index >= 15 is 0 Å². The summed E-state index contributed by atoms with van der Waals surface area (Å²) in [6, 6.07) is 5.37. The number of carbonyl (C=O) groups excluding carboxylic acids is 1. The van der Waals surface area contributed by atoms with Gasteiger partial charge in [-0.15, -0.1) is 0 Å². The van der Waals surface area contributed by atoms with Crippen LogP contribution in [0.5, 0.6) is 0 Å². The fraction of sp³-hybridized carbons (Fsp3) is 0.231. The molecule has 0 fully saturated rings. The zero-order chi connectivity index (χ0) is 13.3. The lowest BCUT2D eigenvalue weighted by molar-refractivity contribution is 0.0594. The van der Waals surface area contributed by atoms with Crippen molar-refractivity contribution in [3.63, 3.8) is 0 Å². The molecule has 2 rings (SSSR count). The average Bonchev–Trinajstić information content (AvgIpc) is 2.41. The molecule has 1 aromatic carbocycles. The summed E-state index contributed by atoms with van der Waals surface area (Å²) in [4.78, 5) is 15.9. The summed E-state index contributed by atoms with van der Waals surface area (Å²) in [5, 5.41) is 4.59. The van der Waals surface area contributed by atoms with Crippen LogP contribution >= 0.6 is 11.6 Å². The van der Waals surface area contributed by atoms with Crippen molar-refractivity contribution >= 4 is 34.2 Å². The van der Waals surface area contributed by atoms with Gasteiger partial charge in [0.25, 0.3) is 0 Å². The van der Waals surface area contributed by atoms with Crippen LogP contribution < -0.4 is 5.32 Å². The van der Waals surface area contributed by atoms with Gasteiger partial charge in [-0.2, -0.15) is 0 Å². The number of rotatable bonds is 2. The van der Waals surface area contributed by atoms with Crippen molar-refractivity contribution in [3.8, 4) is 0 Å². The standard InChI is InChI=1S/C13H13ClN2O2/c1-7-9(14)5-4-8-10(15-2)6-11(13(17)18-3)16-12(7)8/h4-6H,1-3H3,(H,15,16). The van der Waals surface area contributed by atoms with Crippen LogP contribution in [-0.2, 0) is 4.74 Å². The second kappa shape index (κ2) is 4.82. The molecule has 0 bridgehead atoms. The molecule has 0 spiro atoms. The maximum absolute atomic E-state index is 11.6. The van der Waals surface area contributed by atoms with Gasteiger partial charge in [0.15, 0.2) is 5.69 Å². The third-order valence-corrected chi connectivity index (χ3v) is 3.24. The van der Waals surface area contributed by atoms with Crippen molar-refractivity contribution < 1.29 is 9.53 Å². The molecule has 0 saturated heterocycles. The van der Waals surface area contributed by atoms with Crippen LogP contribution in [0.1, 0.15) is 16.1 Å². The van der Waals surface area contributed by atoms with Crippen LogP contribution in [0, 0.1) is 6.92 Å². The van der Waals surface area contributed by atoms with E-state index in [0.29, 0.717) is 10.5 Å². The lowest BCUT2D eigenvalue weighted by atomic mass is 10.1. The van der Waals surface area contributed by atoms with Crippen LogP contribution in [0.15, 0.2) is 18.2 Å². The number of aromatic nitrogens is 1. The van der Waals surface area contributed by atoms with Gasteiger partial charge in [-0.3, -0.25) is 0 Å². The van der Waals surface area contributed by atoms with E-state index in [-0.39, 0.29) is 5.69 Å². The maximum Gasteiger partial charge on any atom is 0.356 e. The lowest BCUT2D eigenvalue weighted by Gasteiger charge is -2.10. The molecular formula is C13H13ClN2O2. The highest BCUT2D eigenvalue weighted by Crippen LogP contribution is 2.29. The van der Waals surface area contributed by atoms with Gasteiger partial charge in [0, 0.05) is 23.1 Å². The minimum Gasteiger partial charge on any atom is -0.464 e. The van der Waals surface area contributed by atoms with E-state index < -0.39 is 5.97 Å². The minimum absolute atomic E-state index is 0.264. The second-order valence-electron chi connectivity index (χ2n) is 3.87. The molecule has 0 radical (unpaired) electrons.